The number of piperazine rings is 1. The Morgan fingerprint density at radius 1 is 1.24 bits per heavy atom. The highest BCUT2D eigenvalue weighted by Gasteiger charge is 2.22. The van der Waals surface area contributed by atoms with Crippen LogP contribution in [0.4, 0.5) is 0 Å². The molecule has 17 heavy (non-hydrogen) atoms. The standard InChI is InChI=1S/C12H22N2O2S/c15-12(16)1-3-13-4-6-14(7-5-13)9-11-2-8-17-10-11/h11H,1-10H2,(H,15,16). The highest BCUT2D eigenvalue weighted by atomic mass is 32.2. The Kier molecular flexibility index (Phi) is 5.13. The monoisotopic (exact) mass is 258 g/mol. The van der Waals surface area contributed by atoms with Crippen LogP contribution in [0.1, 0.15) is 12.8 Å². The number of carboxylic acids is 1. The first kappa shape index (κ1) is 13.2. The molecule has 2 rings (SSSR count). The minimum atomic E-state index is -0.685. The molecule has 1 atom stereocenters. The normalized spacial score (nSPS) is 27.4. The number of rotatable bonds is 5. The lowest BCUT2D eigenvalue weighted by Gasteiger charge is -2.35. The molecule has 2 aliphatic rings. The molecule has 2 saturated heterocycles. The molecule has 0 spiro atoms. The number of thioether (sulfide) groups is 1. The van der Waals surface area contributed by atoms with Crippen molar-refractivity contribution < 1.29 is 9.90 Å². The van der Waals surface area contributed by atoms with Crippen LogP contribution in [0.25, 0.3) is 0 Å². The van der Waals surface area contributed by atoms with Crippen molar-refractivity contribution >= 4 is 17.7 Å². The van der Waals surface area contributed by atoms with Gasteiger partial charge in [0.05, 0.1) is 6.42 Å². The molecule has 0 amide bonds. The number of hydrogen-bond acceptors (Lipinski definition) is 4. The van der Waals surface area contributed by atoms with Crippen molar-refractivity contribution in [3.05, 3.63) is 0 Å². The van der Waals surface area contributed by atoms with Crippen LogP contribution in [-0.2, 0) is 4.79 Å². The Hall–Kier alpha value is -0.260. The van der Waals surface area contributed by atoms with Gasteiger partial charge in [0.2, 0.25) is 0 Å². The van der Waals surface area contributed by atoms with Crippen LogP contribution in [0, 0.1) is 5.92 Å². The van der Waals surface area contributed by atoms with Gasteiger partial charge in [0.1, 0.15) is 0 Å². The van der Waals surface area contributed by atoms with E-state index < -0.39 is 5.97 Å². The fraction of sp³-hybridized carbons (Fsp3) is 0.917. The van der Waals surface area contributed by atoms with Crippen LogP contribution in [-0.4, -0.2) is 71.6 Å². The van der Waals surface area contributed by atoms with E-state index in [1.807, 2.05) is 0 Å². The van der Waals surface area contributed by atoms with Gasteiger partial charge in [-0.1, -0.05) is 0 Å². The third-order valence-corrected chi connectivity index (χ3v) is 4.88. The maximum Gasteiger partial charge on any atom is 0.304 e. The lowest BCUT2D eigenvalue weighted by Crippen LogP contribution is -2.48. The zero-order valence-electron chi connectivity index (χ0n) is 10.3. The van der Waals surface area contributed by atoms with E-state index in [-0.39, 0.29) is 6.42 Å². The summed E-state index contributed by atoms with van der Waals surface area (Å²) in [6.07, 6.45) is 1.66. The number of hydrogen-bond donors (Lipinski definition) is 1. The average Bonchev–Trinajstić information content (AvgIpc) is 2.81. The zero-order chi connectivity index (χ0) is 12.1. The number of aliphatic carboxylic acids is 1. The third-order valence-electron chi connectivity index (χ3n) is 3.65. The fourth-order valence-corrected chi connectivity index (χ4v) is 3.81. The summed E-state index contributed by atoms with van der Waals surface area (Å²) in [5, 5.41) is 8.65. The van der Waals surface area contributed by atoms with E-state index in [0.717, 1.165) is 32.1 Å². The summed E-state index contributed by atoms with van der Waals surface area (Å²) in [6, 6.07) is 0. The van der Waals surface area contributed by atoms with Crippen LogP contribution < -0.4 is 0 Å². The van der Waals surface area contributed by atoms with Crippen molar-refractivity contribution in [2.45, 2.75) is 12.8 Å². The number of nitrogens with zero attached hydrogens (tertiary/aromatic N) is 2. The van der Waals surface area contributed by atoms with E-state index in [0.29, 0.717) is 6.54 Å². The van der Waals surface area contributed by atoms with Gasteiger partial charge in [0, 0.05) is 39.3 Å². The Bertz CT molecular complexity index is 249. The Morgan fingerprint density at radius 2 is 1.94 bits per heavy atom. The summed E-state index contributed by atoms with van der Waals surface area (Å²) in [7, 11) is 0. The van der Waals surface area contributed by atoms with Gasteiger partial charge in [0.25, 0.3) is 0 Å². The van der Waals surface area contributed by atoms with Crippen molar-refractivity contribution in [1.29, 1.82) is 0 Å². The van der Waals surface area contributed by atoms with E-state index in [9.17, 15) is 4.79 Å². The van der Waals surface area contributed by atoms with Crippen LogP contribution in [0.5, 0.6) is 0 Å². The van der Waals surface area contributed by atoms with Crippen LogP contribution in [0.15, 0.2) is 0 Å². The fourth-order valence-electron chi connectivity index (χ4n) is 2.54. The molecule has 0 aromatic carbocycles. The van der Waals surface area contributed by atoms with Gasteiger partial charge < -0.3 is 14.9 Å². The molecule has 0 bridgehead atoms. The number of carbonyl (C=O) groups is 1. The second kappa shape index (κ2) is 6.61. The van der Waals surface area contributed by atoms with E-state index in [1.165, 1.54) is 24.5 Å². The highest BCUT2D eigenvalue weighted by Crippen LogP contribution is 2.24. The van der Waals surface area contributed by atoms with Gasteiger partial charge in [0.15, 0.2) is 0 Å². The lowest BCUT2D eigenvalue weighted by molar-refractivity contribution is -0.137. The molecule has 2 aliphatic heterocycles. The minimum absolute atomic E-state index is 0.277. The van der Waals surface area contributed by atoms with Crippen LogP contribution in [0.3, 0.4) is 0 Å². The van der Waals surface area contributed by atoms with Crippen LogP contribution >= 0.6 is 11.8 Å². The molecule has 0 saturated carbocycles. The molecular weight excluding hydrogens is 236 g/mol. The van der Waals surface area contributed by atoms with Gasteiger partial charge in [-0.25, -0.2) is 0 Å². The predicted molar refractivity (Wildman–Crippen MR) is 70.6 cm³/mol. The Morgan fingerprint density at radius 3 is 2.53 bits per heavy atom. The topological polar surface area (TPSA) is 43.8 Å². The Labute approximate surface area is 107 Å². The summed E-state index contributed by atoms with van der Waals surface area (Å²) in [5.74, 6) is 2.88. The van der Waals surface area contributed by atoms with E-state index in [4.69, 9.17) is 5.11 Å². The molecule has 2 fully saturated rings. The van der Waals surface area contributed by atoms with E-state index in [1.54, 1.807) is 0 Å². The van der Waals surface area contributed by atoms with Crippen LogP contribution in [0.2, 0.25) is 0 Å². The maximum atomic E-state index is 10.5. The van der Waals surface area contributed by atoms with Crippen molar-refractivity contribution in [3.8, 4) is 0 Å². The van der Waals surface area contributed by atoms with Gasteiger partial charge in [-0.15, -0.1) is 0 Å². The van der Waals surface area contributed by atoms with Crippen molar-refractivity contribution in [2.75, 3.05) is 50.8 Å². The molecule has 0 aromatic rings. The van der Waals surface area contributed by atoms with Crippen molar-refractivity contribution in [3.63, 3.8) is 0 Å². The average molecular weight is 258 g/mol. The van der Waals surface area contributed by atoms with E-state index in [2.05, 4.69) is 21.6 Å². The smallest absolute Gasteiger partial charge is 0.304 e. The quantitative estimate of drug-likeness (QED) is 0.791. The summed E-state index contributed by atoms with van der Waals surface area (Å²) >= 11 is 2.08. The molecule has 0 radical (unpaired) electrons. The zero-order valence-corrected chi connectivity index (χ0v) is 11.1. The van der Waals surface area contributed by atoms with Gasteiger partial charge in [-0.05, 0) is 23.8 Å². The third kappa shape index (κ3) is 4.48. The van der Waals surface area contributed by atoms with Gasteiger partial charge >= 0.3 is 5.97 Å². The second-order valence-corrected chi connectivity index (χ2v) is 6.17. The highest BCUT2D eigenvalue weighted by molar-refractivity contribution is 7.99. The largest absolute Gasteiger partial charge is 0.481 e. The molecule has 1 N–H and O–H groups in total. The Balaban J connectivity index is 1.61. The molecular formula is C12H22N2O2S. The van der Waals surface area contributed by atoms with Crippen molar-refractivity contribution in [1.82, 2.24) is 9.80 Å². The molecule has 2 heterocycles. The molecule has 1 unspecified atom stereocenters. The second-order valence-electron chi connectivity index (χ2n) is 5.02. The lowest BCUT2D eigenvalue weighted by atomic mass is 10.1. The first-order chi connectivity index (χ1) is 8.24. The molecule has 98 valence electrons. The summed E-state index contributed by atoms with van der Waals surface area (Å²) in [6.45, 7) is 6.25. The first-order valence-electron chi connectivity index (χ1n) is 6.48. The van der Waals surface area contributed by atoms with E-state index >= 15 is 0 Å². The number of carboxylic acid groups (broad SMARTS) is 1. The summed E-state index contributed by atoms with van der Waals surface area (Å²) in [4.78, 5) is 15.3. The predicted octanol–water partition coefficient (Wildman–Crippen LogP) is 0.832. The summed E-state index contributed by atoms with van der Waals surface area (Å²) < 4.78 is 0. The molecule has 5 heteroatoms. The molecule has 0 aliphatic carbocycles. The summed E-state index contributed by atoms with van der Waals surface area (Å²) in [5.41, 5.74) is 0. The SMILES string of the molecule is O=C(O)CCN1CCN(CC2CCSC2)CC1. The van der Waals surface area contributed by atoms with Gasteiger partial charge in [-0.2, -0.15) is 11.8 Å². The molecule has 4 nitrogen and oxygen atoms in total. The first-order valence-corrected chi connectivity index (χ1v) is 7.64. The minimum Gasteiger partial charge on any atom is -0.481 e. The molecule has 0 aromatic heterocycles. The maximum absolute atomic E-state index is 10.5. The van der Waals surface area contributed by atoms with Gasteiger partial charge in [-0.3, -0.25) is 4.79 Å². The van der Waals surface area contributed by atoms with Crippen molar-refractivity contribution in [2.24, 2.45) is 5.92 Å².